The molecule has 1 saturated carbocycles. The van der Waals surface area contributed by atoms with E-state index in [-0.39, 0.29) is 57.7 Å². The highest BCUT2D eigenvalue weighted by atomic mass is 35.5. The molecule has 202 valence electrons. The normalized spacial score (nSPS) is 23.7. The Bertz CT molecular complexity index is 1510. The number of fused-ring (bicyclic) bond motifs is 1. The number of benzene rings is 1. The Morgan fingerprint density at radius 2 is 1.87 bits per heavy atom. The fourth-order valence-electron chi connectivity index (χ4n) is 5.57. The third-order valence-electron chi connectivity index (χ3n) is 8.14. The molecule has 6 rings (SSSR count). The van der Waals surface area contributed by atoms with E-state index in [2.05, 4.69) is 34.1 Å². The Hall–Kier alpha value is -3.66. The van der Waals surface area contributed by atoms with Gasteiger partial charge in [-0.3, -0.25) is 14.5 Å². The van der Waals surface area contributed by atoms with E-state index in [9.17, 15) is 14.0 Å². The van der Waals surface area contributed by atoms with Crippen molar-refractivity contribution in [3.8, 4) is 0 Å². The molecule has 3 aliphatic rings. The third kappa shape index (κ3) is 4.21. The van der Waals surface area contributed by atoms with E-state index in [1.807, 2.05) is 4.90 Å². The molecule has 0 bridgehead atoms. The summed E-state index contributed by atoms with van der Waals surface area (Å²) in [5.74, 6) is -1.53. The molecule has 0 spiro atoms. The maximum absolute atomic E-state index is 15.4. The third-order valence-corrected chi connectivity index (χ3v) is 8.43. The summed E-state index contributed by atoms with van der Waals surface area (Å²) < 4.78 is 30.2. The van der Waals surface area contributed by atoms with Crippen molar-refractivity contribution < 1.29 is 18.4 Å². The van der Waals surface area contributed by atoms with Crippen LogP contribution in [-0.2, 0) is 10.2 Å². The van der Waals surface area contributed by atoms with Gasteiger partial charge in [0.15, 0.2) is 11.6 Å². The molecule has 1 unspecified atom stereocenters. The maximum atomic E-state index is 15.4. The van der Waals surface area contributed by atoms with Gasteiger partial charge in [-0.05, 0) is 37.0 Å². The molecule has 8 nitrogen and oxygen atoms in total. The van der Waals surface area contributed by atoms with Crippen molar-refractivity contribution in [1.82, 2.24) is 19.9 Å². The lowest BCUT2D eigenvalue weighted by atomic mass is 9.74. The Morgan fingerprint density at radius 3 is 2.56 bits per heavy atom. The molecule has 3 aromatic rings. The molecular formula is C28H27ClF2N6O2. The predicted octanol–water partition coefficient (Wildman–Crippen LogP) is 4.44. The number of rotatable bonds is 5. The van der Waals surface area contributed by atoms with Crippen molar-refractivity contribution in [3.05, 3.63) is 76.2 Å². The molecule has 0 radical (unpaired) electrons. The van der Waals surface area contributed by atoms with Crippen molar-refractivity contribution in [1.29, 1.82) is 0 Å². The second-order valence-corrected chi connectivity index (χ2v) is 11.8. The van der Waals surface area contributed by atoms with Crippen LogP contribution in [0.5, 0.6) is 0 Å². The Kier molecular flexibility index (Phi) is 5.87. The van der Waals surface area contributed by atoms with E-state index >= 15 is 4.39 Å². The first-order valence-electron chi connectivity index (χ1n) is 12.8. The monoisotopic (exact) mass is 552 g/mol. The van der Waals surface area contributed by atoms with Gasteiger partial charge in [0.25, 0.3) is 5.91 Å². The summed E-state index contributed by atoms with van der Waals surface area (Å²) in [5, 5.41) is 3.17. The predicted molar refractivity (Wildman–Crippen MR) is 142 cm³/mol. The van der Waals surface area contributed by atoms with E-state index in [4.69, 9.17) is 11.6 Å². The highest BCUT2D eigenvalue weighted by molar-refractivity contribution is 6.30. The number of halogens is 3. The van der Waals surface area contributed by atoms with Gasteiger partial charge in [-0.1, -0.05) is 37.6 Å². The van der Waals surface area contributed by atoms with E-state index in [1.165, 1.54) is 35.5 Å². The second-order valence-electron chi connectivity index (χ2n) is 11.4. The Morgan fingerprint density at radius 1 is 1.13 bits per heavy atom. The summed E-state index contributed by atoms with van der Waals surface area (Å²) in [6.07, 6.45) is 3.66. The lowest BCUT2D eigenvalue weighted by Crippen LogP contribution is -2.58. The van der Waals surface area contributed by atoms with Gasteiger partial charge in [0, 0.05) is 43.5 Å². The van der Waals surface area contributed by atoms with Crippen LogP contribution in [0.15, 0.2) is 42.7 Å². The fraction of sp³-hybridized carbons (Fsp3) is 0.393. The average Bonchev–Trinajstić information content (AvgIpc) is 3.53. The zero-order valence-electron chi connectivity index (χ0n) is 21.7. The number of hydrogen-bond acceptors (Lipinski definition) is 6. The van der Waals surface area contributed by atoms with Crippen LogP contribution >= 0.6 is 11.6 Å². The van der Waals surface area contributed by atoms with Gasteiger partial charge in [-0.15, -0.1) is 0 Å². The summed E-state index contributed by atoms with van der Waals surface area (Å²) in [4.78, 5) is 42.3. The molecule has 1 N–H and O–H groups in total. The first-order chi connectivity index (χ1) is 18.5. The number of nitrogens with one attached hydrogen (secondary N) is 1. The molecule has 4 heterocycles. The van der Waals surface area contributed by atoms with E-state index in [0.717, 1.165) is 6.42 Å². The summed E-state index contributed by atoms with van der Waals surface area (Å²) >= 11 is 6.13. The van der Waals surface area contributed by atoms with Crippen LogP contribution in [0.1, 0.15) is 48.8 Å². The molecule has 1 aromatic carbocycles. The first kappa shape index (κ1) is 25.6. The largest absolute Gasteiger partial charge is 0.348 e. The summed E-state index contributed by atoms with van der Waals surface area (Å²) in [7, 11) is 0. The number of aromatic nitrogens is 3. The van der Waals surface area contributed by atoms with Crippen molar-refractivity contribution in [2.45, 2.75) is 38.6 Å². The number of anilines is 2. The first-order valence-corrected chi connectivity index (χ1v) is 13.2. The number of amides is 2. The van der Waals surface area contributed by atoms with Crippen LogP contribution in [0.2, 0.25) is 5.02 Å². The van der Waals surface area contributed by atoms with Crippen LogP contribution in [0, 0.1) is 23.0 Å². The van der Waals surface area contributed by atoms with Crippen LogP contribution < -0.4 is 10.2 Å². The van der Waals surface area contributed by atoms with Gasteiger partial charge in [0.1, 0.15) is 5.82 Å². The van der Waals surface area contributed by atoms with E-state index in [0.29, 0.717) is 18.8 Å². The summed E-state index contributed by atoms with van der Waals surface area (Å²) in [5.41, 5.74) is -0.524. The number of pyridine rings is 1. The SMILES string of the molecule is CC1(c2cccc(Cl)c2F)CN(c2ncccc2F)C(=O)c2cnc(NC3CN(C(=O)[C@@H]4CC4(C)C)C3)nc21. The van der Waals surface area contributed by atoms with Crippen LogP contribution in [-0.4, -0.2) is 57.3 Å². The topological polar surface area (TPSA) is 91.3 Å². The van der Waals surface area contributed by atoms with E-state index < -0.39 is 23.0 Å². The molecular weight excluding hydrogens is 526 g/mol. The molecule has 11 heteroatoms. The van der Waals surface area contributed by atoms with E-state index in [1.54, 1.807) is 19.1 Å². The van der Waals surface area contributed by atoms with Crippen molar-refractivity contribution in [2.75, 3.05) is 29.9 Å². The van der Waals surface area contributed by atoms with Crippen LogP contribution in [0.4, 0.5) is 20.5 Å². The zero-order chi connectivity index (χ0) is 27.7. The number of likely N-dealkylation sites (tertiary alicyclic amines) is 1. The number of carbonyl (C=O) groups is 2. The number of hydrogen-bond donors (Lipinski definition) is 1. The minimum Gasteiger partial charge on any atom is -0.348 e. The van der Waals surface area contributed by atoms with Gasteiger partial charge in [0.2, 0.25) is 11.9 Å². The zero-order valence-corrected chi connectivity index (χ0v) is 22.5. The maximum Gasteiger partial charge on any atom is 0.263 e. The van der Waals surface area contributed by atoms with Crippen molar-refractivity contribution in [3.63, 3.8) is 0 Å². The van der Waals surface area contributed by atoms with Gasteiger partial charge in [0.05, 0.1) is 27.7 Å². The Labute approximate surface area is 229 Å². The van der Waals surface area contributed by atoms with Crippen molar-refractivity contribution in [2.24, 2.45) is 11.3 Å². The molecule has 2 aliphatic heterocycles. The fourth-order valence-corrected chi connectivity index (χ4v) is 5.74. The van der Waals surface area contributed by atoms with Gasteiger partial charge < -0.3 is 10.2 Å². The molecule has 2 amide bonds. The summed E-state index contributed by atoms with van der Waals surface area (Å²) in [6.45, 7) is 6.85. The lowest BCUT2D eigenvalue weighted by Gasteiger charge is -2.42. The molecule has 2 aromatic heterocycles. The number of carbonyl (C=O) groups excluding carboxylic acids is 2. The minimum absolute atomic E-state index is 0.0542. The van der Waals surface area contributed by atoms with Crippen molar-refractivity contribution >= 4 is 35.2 Å². The second kappa shape index (κ2) is 8.94. The minimum atomic E-state index is -1.21. The Balaban J connectivity index is 1.33. The summed E-state index contributed by atoms with van der Waals surface area (Å²) in [6, 6.07) is 7.23. The van der Waals surface area contributed by atoms with Gasteiger partial charge in [-0.25, -0.2) is 23.7 Å². The van der Waals surface area contributed by atoms with Gasteiger partial charge >= 0.3 is 0 Å². The molecule has 2 fully saturated rings. The quantitative estimate of drug-likeness (QED) is 0.503. The average molecular weight is 553 g/mol. The standard InChI is InChI=1S/C28H27ClF2N6O2/c1-27(2)10-18(27)25(39)36-12-15(13-36)34-26-33-11-16-22(35-26)28(3,17-6-4-7-19(29)21(17)31)14-37(24(16)38)23-20(30)8-5-9-32-23/h4-9,11,15,18H,10,12-14H2,1-3H3,(H,33,34,35)/t18-,28?/m0/s1. The molecule has 2 atom stereocenters. The lowest BCUT2D eigenvalue weighted by molar-refractivity contribution is -0.137. The van der Waals surface area contributed by atoms with Crippen LogP contribution in [0.25, 0.3) is 0 Å². The molecule has 39 heavy (non-hydrogen) atoms. The smallest absolute Gasteiger partial charge is 0.263 e. The highest BCUT2D eigenvalue weighted by Gasteiger charge is 2.53. The molecule has 1 aliphatic carbocycles. The number of nitrogens with zero attached hydrogens (tertiary/aromatic N) is 5. The van der Waals surface area contributed by atoms with Crippen LogP contribution in [0.3, 0.4) is 0 Å². The van der Waals surface area contributed by atoms with Gasteiger partial charge in [-0.2, -0.15) is 0 Å². The molecule has 1 saturated heterocycles. The highest BCUT2D eigenvalue weighted by Crippen LogP contribution is 2.52.